The van der Waals surface area contributed by atoms with Gasteiger partial charge in [-0.15, -0.1) is 0 Å². The Bertz CT molecular complexity index is 1090. The fourth-order valence-corrected chi connectivity index (χ4v) is 4.73. The maximum absolute atomic E-state index is 13.4. The van der Waals surface area contributed by atoms with Gasteiger partial charge >= 0.3 is 6.18 Å². The van der Waals surface area contributed by atoms with E-state index in [0.29, 0.717) is 48.9 Å². The molecular formula is C24H26ClF4N3O. The summed E-state index contributed by atoms with van der Waals surface area (Å²) in [6.07, 6.45) is -3.39. The lowest BCUT2D eigenvalue weighted by molar-refractivity contribution is -0.150. The molecule has 0 bridgehead atoms. The molecule has 33 heavy (non-hydrogen) atoms. The van der Waals surface area contributed by atoms with Crippen LogP contribution in [-0.4, -0.2) is 55.5 Å². The number of H-pyrrole nitrogens is 1. The highest BCUT2D eigenvalue weighted by Gasteiger charge is 2.39. The van der Waals surface area contributed by atoms with Crippen molar-refractivity contribution in [3.8, 4) is 5.75 Å². The summed E-state index contributed by atoms with van der Waals surface area (Å²) in [7, 11) is 0. The molecule has 9 heteroatoms. The van der Waals surface area contributed by atoms with Crippen LogP contribution in [0.3, 0.4) is 0 Å². The lowest BCUT2D eigenvalue weighted by Gasteiger charge is -2.37. The number of aromatic amines is 1. The molecule has 1 atom stereocenters. The van der Waals surface area contributed by atoms with Crippen LogP contribution < -0.4 is 10.1 Å². The number of aromatic nitrogens is 1. The highest BCUT2D eigenvalue weighted by atomic mass is 35.5. The highest BCUT2D eigenvalue weighted by Crippen LogP contribution is 2.43. The molecule has 3 aromatic rings. The number of alkyl halides is 4. The van der Waals surface area contributed by atoms with Gasteiger partial charge in [0.05, 0.1) is 24.3 Å². The Morgan fingerprint density at radius 2 is 1.94 bits per heavy atom. The number of para-hydroxylation sites is 1. The van der Waals surface area contributed by atoms with Gasteiger partial charge in [0.25, 0.3) is 0 Å². The van der Waals surface area contributed by atoms with E-state index in [1.807, 2.05) is 24.3 Å². The number of rotatable bonds is 9. The van der Waals surface area contributed by atoms with Gasteiger partial charge in [-0.1, -0.05) is 41.9 Å². The summed E-state index contributed by atoms with van der Waals surface area (Å²) in [6.45, 7) is 0.213. The zero-order chi connectivity index (χ0) is 23.4. The molecule has 0 saturated heterocycles. The van der Waals surface area contributed by atoms with Gasteiger partial charge in [0.15, 0.2) is 0 Å². The van der Waals surface area contributed by atoms with Crippen LogP contribution in [0.4, 0.5) is 17.6 Å². The number of benzene rings is 2. The van der Waals surface area contributed by atoms with E-state index in [4.69, 9.17) is 16.3 Å². The SMILES string of the molecule is FCCCNCCOc1cccc([C@@H]2c3[nH]c4ccccc4c3CCN2CC(F)(F)F)c1Cl. The third kappa shape index (κ3) is 5.45. The van der Waals surface area contributed by atoms with E-state index in [1.54, 1.807) is 18.2 Å². The van der Waals surface area contributed by atoms with Gasteiger partial charge in [0, 0.05) is 29.7 Å². The molecule has 178 valence electrons. The molecule has 0 fully saturated rings. The fourth-order valence-electron chi connectivity index (χ4n) is 4.44. The Balaban J connectivity index is 1.66. The van der Waals surface area contributed by atoms with Gasteiger partial charge in [-0.2, -0.15) is 13.2 Å². The molecule has 0 saturated carbocycles. The largest absolute Gasteiger partial charge is 0.491 e. The van der Waals surface area contributed by atoms with E-state index in [2.05, 4.69) is 10.3 Å². The second-order valence-corrected chi connectivity index (χ2v) is 8.48. The van der Waals surface area contributed by atoms with Crippen molar-refractivity contribution >= 4 is 22.5 Å². The molecule has 0 amide bonds. The Kier molecular flexibility index (Phi) is 7.46. The van der Waals surface area contributed by atoms with Crippen molar-refractivity contribution in [2.45, 2.75) is 25.1 Å². The van der Waals surface area contributed by atoms with Gasteiger partial charge in [-0.3, -0.25) is 9.29 Å². The van der Waals surface area contributed by atoms with Crippen LogP contribution in [0.5, 0.6) is 5.75 Å². The third-order valence-corrected chi connectivity index (χ3v) is 6.23. The Morgan fingerprint density at radius 3 is 2.73 bits per heavy atom. The average molecular weight is 484 g/mol. The van der Waals surface area contributed by atoms with Crippen LogP contribution in [0, 0.1) is 0 Å². The standard InChI is InChI=1S/C24H26ClF4N3O/c25-21-18(6-3-8-20(21)33-14-12-30-11-4-10-26)23-22-17(9-13-32(23)15-24(27,28)29)16-5-1-2-7-19(16)31-22/h1-3,5-8,23,30-31H,4,9-15H2/t23-/m1/s1. The Hall–Kier alpha value is -2.29. The maximum Gasteiger partial charge on any atom is 0.401 e. The second kappa shape index (κ2) is 10.3. The summed E-state index contributed by atoms with van der Waals surface area (Å²) in [4.78, 5) is 4.77. The second-order valence-electron chi connectivity index (χ2n) is 8.10. The van der Waals surface area contributed by atoms with Crippen molar-refractivity contribution in [3.05, 3.63) is 64.3 Å². The summed E-state index contributed by atoms with van der Waals surface area (Å²) in [5.74, 6) is 0.414. The molecule has 1 aliphatic rings. The molecule has 2 N–H and O–H groups in total. The number of hydrogen-bond acceptors (Lipinski definition) is 3. The summed E-state index contributed by atoms with van der Waals surface area (Å²) < 4.78 is 58.3. The van der Waals surface area contributed by atoms with Crippen LogP contribution in [0.2, 0.25) is 5.02 Å². The predicted octanol–water partition coefficient (Wildman–Crippen LogP) is 5.66. The first-order valence-corrected chi connectivity index (χ1v) is 11.3. The molecule has 0 aliphatic carbocycles. The predicted molar refractivity (Wildman–Crippen MR) is 122 cm³/mol. The monoisotopic (exact) mass is 483 g/mol. The number of ether oxygens (including phenoxy) is 1. The minimum atomic E-state index is -4.34. The molecule has 1 aromatic heterocycles. The Morgan fingerprint density at radius 1 is 1.12 bits per heavy atom. The quantitative estimate of drug-likeness (QED) is 0.305. The normalized spacial score (nSPS) is 16.8. The van der Waals surface area contributed by atoms with E-state index >= 15 is 0 Å². The van der Waals surface area contributed by atoms with Crippen molar-refractivity contribution in [1.29, 1.82) is 0 Å². The van der Waals surface area contributed by atoms with Crippen LogP contribution in [0.25, 0.3) is 10.9 Å². The molecule has 0 spiro atoms. The van der Waals surface area contributed by atoms with Crippen LogP contribution in [0.1, 0.15) is 29.3 Å². The number of nitrogens with zero attached hydrogens (tertiary/aromatic N) is 1. The number of nitrogens with one attached hydrogen (secondary N) is 2. The summed E-state index contributed by atoms with van der Waals surface area (Å²) >= 11 is 6.69. The first kappa shape index (κ1) is 23.9. The molecular weight excluding hydrogens is 458 g/mol. The molecule has 0 radical (unpaired) electrons. The van der Waals surface area contributed by atoms with Crippen LogP contribution in [0.15, 0.2) is 42.5 Å². The third-order valence-electron chi connectivity index (χ3n) is 5.83. The molecule has 4 nitrogen and oxygen atoms in total. The van der Waals surface area contributed by atoms with E-state index in [1.165, 1.54) is 4.90 Å². The van der Waals surface area contributed by atoms with Crippen LogP contribution in [-0.2, 0) is 6.42 Å². The van der Waals surface area contributed by atoms with Gasteiger partial charge in [0.1, 0.15) is 12.4 Å². The lowest BCUT2D eigenvalue weighted by atomic mass is 9.92. The van der Waals surface area contributed by atoms with Crippen molar-refractivity contribution in [2.75, 3.05) is 39.5 Å². The van der Waals surface area contributed by atoms with Gasteiger partial charge in [-0.05, 0) is 42.6 Å². The van der Waals surface area contributed by atoms with Crippen molar-refractivity contribution in [2.24, 2.45) is 0 Å². The fraction of sp³-hybridized carbons (Fsp3) is 0.417. The van der Waals surface area contributed by atoms with Crippen molar-refractivity contribution in [3.63, 3.8) is 0 Å². The number of hydrogen-bond donors (Lipinski definition) is 2. The topological polar surface area (TPSA) is 40.3 Å². The number of fused-ring (bicyclic) bond motifs is 3. The van der Waals surface area contributed by atoms with E-state index < -0.39 is 18.8 Å². The lowest BCUT2D eigenvalue weighted by Crippen LogP contribution is -2.42. The first-order valence-electron chi connectivity index (χ1n) is 11.0. The van der Waals surface area contributed by atoms with E-state index in [-0.39, 0.29) is 13.2 Å². The van der Waals surface area contributed by atoms with Gasteiger partial charge < -0.3 is 15.0 Å². The van der Waals surface area contributed by atoms with E-state index in [0.717, 1.165) is 22.2 Å². The highest BCUT2D eigenvalue weighted by molar-refractivity contribution is 6.33. The molecule has 1 aliphatic heterocycles. The van der Waals surface area contributed by atoms with Crippen LogP contribution >= 0.6 is 11.6 Å². The molecule has 2 heterocycles. The molecule has 0 unspecified atom stereocenters. The first-order chi connectivity index (χ1) is 15.9. The summed E-state index contributed by atoms with van der Waals surface area (Å²) in [5, 5.41) is 4.39. The minimum absolute atomic E-state index is 0.263. The summed E-state index contributed by atoms with van der Waals surface area (Å²) in [6, 6.07) is 12.3. The van der Waals surface area contributed by atoms with Gasteiger partial charge in [0.2, 0.25) is 0 Å². The zero-order valence-corrected chi connectivity index (χ0v) is 18.8. The molecule has 4 rings (SSSR count). The smallest absolute Gasteiger partial charge is 0.401 e. The van der Waals surface area contributed by atoms with E-state index in [9.17, 15) is 17.6 Å². The van der Waals surface area contributed by atoms with Crippen molar-refractivity contribution < 1.29 is 22.3 Å². The van der Waals surface area contributed by atoms with Gasteiger partial charge in [-0.25, -0.2) is 0 Å². The van der Waals surface area contributed by atoms with Crippen molar-refractivity contribution in [1.82, 2.24) is 15.2 Å². The zero-order valence-electron chi connectivity index (χ0n) is 18.0. The molecule has 2 aromatic carbocycles. The Labute approximate surface area is 194 Å². The maximum atomic E-state index is 13.4. The number of halogens is 5. The average Bonchev–Trinajstić information content (AvgIpc) is 3.15. The minimum Gasteiger partial charge on any atom is -0.491 e. The summed E-state index contributed by atoms with van der Waals surface area (Å²) in [5.41, 5.74) is 3.22.